The van der Waals surface area contributed by atoms with Gasteiger partial charge in [-0.3, -0.25) is 4.99 Å². The molecular weight excluding hydrogens is 493 g/mol. The van der Waals surface area contributed by atoms with Crippen LogP contribution in [0.2, 0.25) is 0 Å². The van der Waals surface area contributed by atoms with Gasteiger partial charge in [-0.25, -0.2) is 4.79 Å². The lowest BCUT2D eigenvalue weighted by atomic mass is 10.1. The molecule has 0 amide bonds. The summed E-state index contributed by atoms with van der Waals surface area (Å²) in [6.45, 7) is 4.78. The number of ether oxygens (including phenoxy) is 2. The molecule has 0 radical (unpaired) electrons. The second kappa shape index (κ2) is 10.2. The summed E-state index contributed by atoms with van der Waals surface area (Å²) in [5.74, 6) is 0.365. The Labute approximate surface area is 189 Å². The molecule has 0 aliphatic rings. The number of nitrogens with zero attached hydrogens (tertiary/aromatic N) is 1. The molecule has 3 rings (SSSR count). The van der Waals surface area contributed by atoms with Crippen molar-refractivity contribution in [1.82, 2.24) is 0 Å². The summed E-state index contributed by atoms with van der Waals surface area (Å²) in [5, 5.41) is 9.01. The number of aliphatic imine (C=N–C) groups is 1. The zero-order valence-electron chi connectivity index (χ0n) is 16.8. The number of benzene rings is 3. The van der Waals surface area contributed by atoms with Crippen molar-refractivity contribution in [3.63, 3.8) is 0 Å². The van der Waals surface area contributed by atoms with Crippen molar-refractivity contribution in [2.75, 3.05) is 6.61 Å². The van der Waals surface area contributed by atoms with Crippen molar-refractivity contribution < 1.29 is 19.4 Å². The molecule has 0 bridgehead atoms. The molecule has 0 saturated heterocycles. The van der Waals surface area contributed by atoms with Crippen LogP contribution < -0.4 is 9.47 Å². The Kier molecular flexibility index (Phi) is 7.46. The summed E-state index contributed by atoms with van der Waals surface area (Å²) in [6, 6.07) is 18.5. The molecule has 0 unspecified atom stereocenters. The van der Waals surface area contributed by atoms with Crippen molar-refractivity contribution >= 4 is 40.5 Å². The van der Waals surface area contributed by atoms with Gasteiger partial charge in [0.2, 0.25) is 0 Å². The molecule has 0 aliphatic carbocycles. The van der Waals surface area contributed by atoms with E-state index in [1.54, 1.807) is 24.3 Å². The Hall–Kier alpha value is -2.87. The predicted octanol–water partition coefficient (Wildman–Crippen LogP) is 6.03. The highest BCUT2D eigenvalue weighted by atomic mass is 127. The van der Waals surface area contributed by atoms with E-state index >= 15 is 0 Å². The molecule has 0 spiro atoms. The van der Waals surface area contributed by atoms with Gasteiger partial charge in [0.25, 0.3) is 0 Å². The standard InChI is InChI=1S/C24H22INO4/c1-3-29-22-13-18(14-26-21-7-5-4-6-16(21)2)12-20(25)23(22)30-15-17-8-10-19(11-9-17)24(27)28/h4-14H,3,15H2,1-2H3,(H,27,28). The molecule has 5 nitrogen and oxygen atoms in total. The molecule has 154 valence electrons. The molecule has 3 aromatic carbocycles. The highest BCUT2D eigenvalue weighted by molar-refractivity contribution is 14.1. The van der Waals surface area contributed by atoms with Crippen molar-refractivity contribution in [3.8, 4) is 11.5 Å². The van der Waals surface area contributed by atoms with E-state index < -0.39 is 5.97 Å². The molecule has 30 heavy (non-hydrogen) atoms. The maximum Gasteiger partial charge on any atom is 0.335 e. The van der Waals surface area contributed by atoms with E-state index in [0.717, 1.165) is 25.9 Å². The van der Waals surface area contributed by atoms with Gasteiger partial charge in [-0.1, -0.05) is 30.3 Å². The molecule has 0 aromatic heterocycles. The fourth-order valence-corrected chi connectivity index (χ4v) is 3.60. The maximum absolute atomic E-state index is 11.0. The number of aromatic carboxylic acids is 1. The fraction of sp³-hybridized carbons (Fsp3) is 0.167. The van der Waals surface area contributed by atoms with Gasteiger partial charge in [0.15, 0.2) is 11.5 Å². The second-order valence-corrected chi connectivity index (χ2v) is 7.76. The van der Waals surface area contributed by atoms with Gasteiger partial charge in [-0.05, 0) is 83.5 Å². The van der Waals surface area contributed by atoms with E-state index in [9.17, 15) is 4.79 Å². The lowest BCUT2D eigenvalue weighted by molar-refractivity contribution is 0.0697. The number of para-hydroxylation sites is 1. The van der Waals surface area contributed by atoms with Crippen LogP contribution in [0.4, 0.5) is 5.69 Å². The summed E-state index contributed by atoms with van der Waals surface area (Å²) in [5.41, 5.74) is 4.09. The summed E-state index contributed by atoms with van der Waals surface area (Å²) in [7, 11) is 0. The quantitative estimate of drug-likeness (QED) is 0.294. The third-order valence-corrected chi connectivity index (χ3v) is 5.19. The van der Waals surface area contributed by atoms with E-state index in [1.165, 1.54) is 0 Å². The van der Waals surface area contributed by atoms with E-state index in [4.69, 9.17) is 14.6 Å². The van der Waals surface area contributed by atoms with Gasteiger partial charge in [0.1, 0.15) is 6.61 Å². The van der Waals surface area contributed by atoms with Gasteiger partial charge in [-0.2, -0.15) is 0 Å². The maximum atomic E-state index is 11.0. The average Bonchev–Trinajstić information content (AvgIpc) is 2.73. The van der Waals surface area contributed by atoms with Gasteiger partial charge >= 0.3 is 5.97 Å². The van der Waals surface area contributed by atoms with Crippen LogP contribution in [0.25, 0.3) is 0 Å². The predicted molar refractivity (Wildman–Crippen MR) is 126 cm³/mol. The Morgan fingerprint density at radius 1 is 1.10 bits per heavy atom. The van der Waals surface area contributed by atoms with Gasteiger partial charge < -0.3 is 14.6 Å². The molecule has 3 aromatic rings. The van der Waals surface area contributed by atoms with Crippen LogP contribution >= 0.6 is 22.6 Å². The van der Waals surface area contributed by atoms with Crippen molar-refractivity contribution in [2.24, 2.45) is 4.99 Å². The second-order valence-electron chi connectivity index (χ2n) is 6.60. The van der Waals surface area contributed by atoms with Gasteiger partial charge in [0.05, 0.1) is 21.4 Å². The molecule has 0 fully saturated rings. The molecule has 0 atom stereocenters. The van der Waals surface area contributed by atoms with E-state index in [1.807, 2.05) is 56.5 Å². The van der Waals surface area contributed by atoms with Crippen LogP contribution in [0.3, 0.4) is 0 Å². The first-order chi connectivity index (χ1) is 14.5. The molecule has 6 heteroatoms. The number of halogens is 1. The molecule has 0 aliphatic heterocycles. The minimum absolute atomic E-state index is 0.251. The number of carboxylic acids is 1. The van der Waals surface area contributed by atoms with Crippen LogP contribution in [0, 0.1) is 10.5 Å². The monoisotopic (exact) mass is 515 g/mol. The zero-order valence-corrected chi connectivity index (χ0v) is 18.9. The van der Waals surface area contributed by atoms with Crippen LogP contribution in [0.5, 0.6) is 11.5 Å². The van der Waals surface area contributed by atoms with Crippen molar-refractivity contribution in [2.45, 2.75) is 20.5 Å². The van der Waals surface area contributed by atoms with Crippen molar-refractivity contribution in [3.05, 3.63) is 86.5 Å². The Balaban J connectivity index is 1.80. The fourth-order valence-electron chi connectivity index (χ4n) is 2.82. The molecule has 1 N–H and O–H groups in total. The third kappa shape index (κ3) is 5.60. The average molecular weight is 515 g/mol. The highest BCUT2D eigenvalue weighted by Gasteiger charge is 2.12. The summed E-state index contributed by atoms with van der Waals surface area (Å²) in [6.07, 6.45) is 1.82. The first-order valence-corrected chi connectivity index (χ1v) is 10.6. The smallest absolute Gasteiger partial charge is 0.335 e. The SMILES string of the molecule is CCOc1cc(C=Nc2ccccc2C)cc(I)c1OCc1ccc(C(=O)O)cc1. The van der Waals surface area contributed by atoms with E-state index in [2.05, 4.69) is 27.6 Å². The number of hydrogen-bond acceptors (Lipinski definition) is 4. The van der Waals surface area contributed by atoms with E-state index in [-0.39, 0.29) is 5.56 Å². The minimum atomic E-state index is -0.946. The Bertz CT molecular complexity index is 1060. The molecule has 0 saturated carbocycles. The number of rotatable bonds is 8. The first kappa shape index (κ1) is 21.8. The summed E-state index contributed by atoms with van der Waals surface area (Å²) >= 11 is 2.22. The van der Waals surface area contributed by atoms with Crippen LogP contribution in [-0.4, -0.2) is 23.9 Å². The highest BCUT2D eigenvalue weighted by Crippen LogP contribution is 2.34. The lowest BCUT2D eigenvalue weighted by Crippen LogP contribution is -2.03. The number of carbonyl (C=O) groups is 1. The lowest BCUT2D eigenvalue weighted by Gasteiger charge is -2.15. The van der Waals surface area contributed by atoms with Crippen LogP contribution in [0.1, 0.15) is 34.0 Å². The topological polar surface area (TPSA) is 68.1 Å². The molecular formula is C24H22INO4. The number of hydrogen-bond donors (Lipinski definition) is 1. The van der Waals surface area contributed by atoms with Crippen LogP contribution in [-0.2, 0) is 6.61 Å². The Morgan fingerprint density at radius 3 is 2.50 bits per heavy atom. The Morgan fingerprint density at radius 2 is 1.83 bits per heavy atom. The van der Waals surface area contributed by atoms with E-state index in [0.29, 0.717) is 24.7 Å². The normalized spacial score (nSPS) is 10.9. The number of carboxylic acid groups (broad SMARTS) is 1. The minimum Gasteiger partial charge on any atom is -0.490 e. The van der Waals surface area contributed by atoms with Gasteiger partial charge in [-0.15, -0.1) is 0 Å². The largest absolute Gasteiger partial charge is 0.490 e. The zero-order chi connectivity index (χ0) is 21.5. The van der Waals surface area contributed by atoms with Crippen molar-refractivity contribution in [1.29, 1.82) is 0 Å². The third-order valence-electron chi connectivity index (χ3n) is 4.38. The molecule has 0 heterocycles. The summed E-state index contributed by atoms with van der Waals surface area (Å²) < 4.78 is 12.7. The first-order valence-electron chi connectivity index (χ1n) is 9.49. The number of aryl methyl sites for hydroxylation is 1. The van der Waals surface area contributed by atoms with Gasteiger partial charge in [0, 0.05) is 6.21 Å². The summed E-state index contributed by atoms with van der Waals surface area (Å²) in [4.78, 5) is 15.6. The van der Waals surface area contributed by atoms with Crippen LogP contribution in [0.15, 0.2) is 65.7 Å².